The highest BCUT2D eigenvalue weighted by molar-refractivity contribution is 4.72. The van der Waals surface area contributed by atoms with Crippen LogP contribution < -0.4 is 0 Å². The van der Waals surface area contributed by atoms with Crippen LogP contribution in [0.4, 0.5) is 0 Å². The van der Waals surface area contributed by atoms with E-state index in [9.17, 15) is 0 Å². The third kappa shape index (κ3) is 3.16. The molecule has 0 heterocycles. The van der Waals surface area contributed by atoms with Crippen molar-refractivity contribution in [3.8, 4) is 0 Å². The minimum atomic E-state index is 0.600. The molecule has 0 unspecified atom stereocenters. The van der Waals surface area contributed by atoms with Gasteiger partial charge in [0.05, 0.1) is 0 Å². The summed E-state index contributed by atoms with van der Waals surface area (Å²) in [5.74, 6) is 1.08. The fraction of sp³-hybridized carbons (Fsp3) is 1.00. The molecule has 0 aliphatic heterocycles. The quantitative estimate of drug-likeness (QED) is 0.584. The summed E-state index contributed by atoms with van der Waals surface area (Å²) in [5, 5.41) is 0. The molecule has 0 amide bonds. The van der Waals surface area contributed by atoms with E-state index in [-0.39, 0.29) is 0 Å². The maximum Gasteiger partial charge on any atom is -0.0357 e. The highest BCUT2D eigenvalue weighted by Crippen LogP contribution is 2.34. The van der Waals surface area contributed by atoms with Gasteiger partial charge in [-0.3, -0.25) is 0 Å². The molecule has 1 saturated carbocycles. The molecular weight excluding hydrogens is 144 g/mol. The van der Waals surface area contributed by atoms with Crippen LogP contribution in [0.2, 0.25) is 0 Å². The molecule has 0 spiro atoms. The standard InChI is InChI=1S/C12H24/c1-4-12(2,3)10-9-11-7-5-6-8-11/h11H,4-10H2,1-3H3. The second-order valence-electron chi connectivity index (χ2n) is 5.21. The Labute approximate surface area is 77.7 Å². The Kier molecular flexibility index (Phi) is 3.61. The molecule has 1 fully saturated rings. The van der Waals surface area contributed by atoms with Crippen molar-refractivity contribution in [3.63, 3.8) is 0 Å². The van der Waals surface area contributed by atoms with Gasteiger partial charge in [-0.2, -0.15) is 0 Å². The van der Waals surface area contributed by atoms with Crippen molar-refractivity contribution in [1.82, 2.24) is 0 Å². The fourth-order valence-electron chi connectivity index (χ4n) is 2.07. The highest BCUT2D eigenvalue weighted by Gasteiger charge is 2.20. The maximum absolute atomic E-state index is 2.40. The zero-order valence-electron chi connectivity index (χ0n) is 9.03. The first-order valence-electron chi connectivity index (χ1n) is 5.64. The molecular formula is C12H24. The summed E-state index contributed by atoms with van der Waals surface area (Å²) in [5.41, 5.74) is 0.600. The van der Waals surface area contributed by atoms with Crippen molar-refractivity contribution < 1.29 is 0 Å². The molecule has 12 heavy (non-hydrogen) atoms. The summed E-state index contributed by atoms with van der Waals surface area (Å²) in [6.07, 6.45) is 10.3. The molecule has 72 valence electrons. The van der Waals surface area contributed by atoms with Crippen molar-refractivity contribution in [3.05, 3.63) is 0 Å². The molecule has 0 aromatic carbocycles. The molecule has 0 atom stereocenters. The Hall–Kier alpha value is 0. The maximum atomic E-state index is 2.40. The molecule has 0 heteroatoms. The predicted octanol–water partition coefficient (Wildman–Crippen LogP) is 4.39. The lowest BCUT2D eigenvalue weighted by molar-refractivity contribution is 0.284. The average molecular weight is 168 g/mol. The third-order valence-corrected chi connectivity index (χ3v) is 3.66. The molecule has 0 saturated heterocycles. The molecule has 0 N–H and O–H groups in total. The Balaban J connectivity index is 2.15. The van der Waals surface area contributed by atoms with Gasteiger partial charge in [-0.15, -0.1) is 0 Å². The predicted molar refractivity (Wildman–Crippen MR) is 55.3 cm³/mol. The Morgan fingerprint density at radius 1 is 1.17 bits per heavy atom. The first-order valence-corrected chi connectivity index (χ1v) is 5.64. The van der Waals surface area contributed by atoms with Gasteiger partial charge in [-0.05, 0) is 24.2 Å². The van der Waals surface area contributed by atoms with E-state index in [0.717, 1.165) is 5.92 Å². The number of hydrogen-bond donors (Lipinski definition) is 0. The van der Waals surface area contributed by atoms with Gasteiger partial charge < -0.3 is 0 Å². The summed E-state index contributed by atoms with van der Waals surface area (Å²) >= 11 is 0. The molecule has 0 aromatic rings. The molecule has 1 aliphatic carbocycles. The smallest absolute Gasteiger partial charge is 0.0357 e. The van der Waals surface area contributed by atoms with E-state index < -0.39 is 0 Å². The van der Waals surface area contributed by atoms with Crippen LogP contribution in [0.5, 0.6) is 0 Å². The first-order chi connectivity index (χ1) is 5.64. The second-order valence-corrected chi connectivity index (χ2v) is 5.21. The van der Waals surface area contributed by atoms with Gasteiger partial charge in [0.1, 0.15) is 0 Å². The molecule has 0 radical (unpaired) electrons. The van der Waals surface area contributed by atoms with Crippen molar-refractivity contribution in [2.24, 2.45) is 11.3 Å². The van der Waals surface area contributed by atoms with Gasteiger partial charge in [0.2, 0.25) is 0 Å². The summed E-state index contributed by atoms with van der Waals surface area (Å²) in [6, 6.07) is 0. The fourth-order valence-corrected chi connectivity index (χ4v) is 2.07. The second kappa shape index (κ2) is 4.30. The third-order valence-electron chi connectivity index (χ3n) is 3.66. The average Bonchev–Trinajstić information content (AvgIpc) is 2.53. The van der Waals surface area contributed by atoms with E-state index in [0.29, 0.717) is 5.41 Å². The van der Waals surface area contributed by atoms with Gasteiger partial charge in [-0.25, -0.2) is 0 Å². The zero-order chi connectivity index (χ0) is 9.03. The number of hydrogen-bond acceptors (Lipinski definition) is 0. The van der Waals surface area contributed by atoms with Crippen molar-refractivity contribution >= 4 is 0 Å². The topological polar surface area (TPSA) is 0 Å². The molecule has 1 aliphatic rings. The minimum absolute atomic E-state index is 0.600. The highest BCUT2D eigenvalue weighted by atomic mass is 14.3. The van der Waals surface area contributed by atoms with Gasteiger partial charge in [0.25, 0.3) is 0 Å². The summed E-state index contributed by atoms with van der Waals surface area (Å²) < 4.78 is 0. The molecule has 1 rings (SSSR count). The summed E-state index contributed by atoms with van der Waals surface area (Å²) in [7, 11) is 0. The Bertz CT molecular complexity index is 118. The molecule has 0 nitrogen and oxygen atoms in total. The van der Waals surface area contributed by atoms with Gasteiger partial charge in [0, 0.05) is 0 Å². The monoisotopic (exact) mass is 168 g/mol. The van der Waals surface area contributed by atoms with Crippen molar-refractivity contribution in [1.29, 1.82) is 0 Å². The van der Waals surface area contributed by atoms with Crippen LogP contribution in [0, 0.1) is 11.3 Å². The molecule has 0 aromatic heterocycles. The van der Waals surface area contributed by atoms with Crippen LogP contribution >= 0.6 is 0 Å². The minimum Gasteiger partial charge on any atom is -0.0649 e. The SMILES string of the molecule is CCC(C)(C)CCC1CCCC1. The Morgan fingerprint density at radius 2 is 1.75 bits per heavy atom. The lowest BCUT2D eigenvalue weighted by Crippen LogP contribution is -2.11. The van der Waals surface area contributed by atoms with Gasteiger partial charge in [0.15, 0.2) is 0 Å². The van der Waals surface area contributed by atoms with E-state index >= 15 is 0 Å². The lowest BCUT2D eigenvalue weighted by Gasteiger charge is -2.24. The van der Waals surface area contributed by atoms with Crippen LogP contribution in [0.15, 0.2) is 0 Å². The van der Waals surface area contributed by atoms with Crippen molar-refractivity contribution in [2.45, 2.75) is 65.7 Å². The van der Waals surface area contributed by atoms with Crippen LogP contribution in [-0.2, 0) is 0 Å². The number of rotatable bonds is 4. The van der Waals surface area contributed by atoms with Crippen LogP contribution in [0.1, 0.15) is 65.7 Å². The lowest BCUT2D eigenvalue weighted by atomic mass is 9.82. The van der Waals surface area contributed by atoms with Crippen LogP contribution in [0.3, 0.4) is 0 Å². The first kappa shape index (κ1) is 10.1. The normalized spacial score (nSPS) is 20.2. The summed E-state index contributed by atoms with van der Waals surface area (Å²) in [6.45, 7) is 7.12. The summed E-state index contributed by atoms with van der Waals surface area (Å²) in [4.78, 5) is 0. The van der Waals surface area contributed by atoms with E-state index in [1.807, 2.05) is 0 Å². The van der Waals surface area contributed by atoms with E-state index in [2.05, 4.69) is 20.8 Å². The van der Waals surface area contributed by atoms with E-state index in [4.69, 9.17) is 0 Å². The van der Waals surface area contributed by atoms with Crippen LogP contribution in [0.25, 0.3) is 0 Å². The zero-order valence-corrected chi connectivity index (χ0v) is 9.03. The van der Waals surface area contributed by atoms with Crippen molar-refractivity contribution in [2.75, 3.05) is 0 Å². The van der Waals surface area contributed by atoms with Gasteiger partial charge in [-0.1, -0.05) is 52.9 Å². The van der Waals surface area contributed by atoms with Crippen LogP contribution in [-0.4, -0.2) is 0 Å². The Morgan fingerprint density at radius 3 is 2.25 bits per heavy atom. The van der Waals surface area contributed by atoms with Gasteiger partial charge >= 0.3 is 0 Å². The largest absolute Gasteiger partial charge is 0.0649 e. The molecule has 0 bridgehead atoms. The van der Waals surface area contributed by atoms with E-state index in [1.54, 1.807) is 0 Å². The van der Waals surface area contributed by atoms with E-state index in [1.165, 1.54) is 44.9 Å².